The van der Waals surface area contributed by atoms with E-state index in [1.54, 1.807) is 22.9 Å². The van der Waals surface area contributed by atoms with E-state index in [0.717, 1.165) is 24.1 Å². The summed E-state index contributed by atoms with van der Waals surface area (Å²) in [5.74, 6) is 0.538. The smallest absolute Gasteiger partial charge is 0.409 e. The number of halogens is 2. The van der Waals surface area contributed by atoms with Crippen molar-refractivity contribution in [3.63, 3.8) is 0 Å². The maximum absolute atomic E-state index is 13.3. The molecule has 9 heteroatoms. The van der Waals surface area contributed by atoms with E-state index in [4.69, 9.17) is 39.7 Å². The highest BCUT2D eigenvalue weighted by Gasteiger charge is 2.44. The van der Waals surface area contributed by atoms with Crippen LogP contribution in [0.25, 0.3) is 0 Å². The molecule has 0 saturated heterocycles. The summed E-state index contributed by atoms with van der Waals surface area (Å²) in [6, 6.07) is 11.1. The fraction of sp³-hybridized carbons (Fsp3) is 0.381. The Hall–Kier alpha value is -1.30. The predicted octanol–water partition coefficient (Wildman–Crippen LogP) is 6.14. The second kappa shape index (κ2) is 9.46. The molecule has 162 valence electrons. The first kappa shape index (κ1) is 23.4. The van der Waals surface area contributed by atoms with Crippen LogP contribution in [0.5, 0.6) is 5.75 Å². The Labute approximate surface area is 193 Å². The van der Waals surface area contributed by atoms with Crippen LogP contribution in [-0.2, 0) is 11.8 Å². The van der Waals surface area contributed by atoms with Crippen molar-refractivity contribution >= 4 is 64.1 Å². The molecule has 0 N–H and O–H groups in total. The fourth-order valence-corrected chi connectivity index (χ4v) is 8.56. The molecule has 0 aliphatic carbocycles. The van der Waals surface area contributed by atoms with E-state index >= 15 is 0 Å². The second-order valence-corrected chi connectivity index (χ2v) is 11.7. The van der Waals surface area contributed by atoms with Crippen LogP contribution in [0.4, 0.5) is 16.2 Å². The van der Waals surface area contributed by atoms with Gasteiger partial charge in [-0.1, -0.05) is 48.9 Å². The van der Waals surface area contributed by atoms with Crippen molar-refractivity contribution in [3.05, 3.63) is 46.4 Å². The van der Waals surface area contributed by atoms with Crippen LogP contribution < -0.4 is 19.6 Å². The normalized spacial score (nSPS) is 18.4. The van der Waals surface area contributed by atoms with Crippen molar-refractivity contribution in [2.45, 2.75) is 27.7 Å². The summed E-state index contributed by atoms with van der Waals surface area (Å²) in [5, 5.41) is 1.65. The van der Waals surface area contributed by atoms with Crippen LogP contribution in [0.15, 0.2) is 36.4 Å². The summed E-state index contributed by atoms with van der Waals surface area (Å²) in [7, 11) is 0. The summed E-state index contributed by atoms with van der Waals surface area (Å²) >= 11 is 18.7. The number of fused-ring (bicyclic) bond motifs is 1. The molecule has 0 fully saturated rings. The molecule has 1 amide bonds. The molecule has 0 aromatic heterocycles. The van der Waals surface area contributed by atoms with Gasteiger partial charge in [0.15, 0.2) is 0 Å². The topological polar surface area (TPSA) is 36.0 Å². The molecule has 0 unspecified atom stereocenters. The molecule has 3 rings (SSSR count). The SMILES string of the molecule is CCN(CC)c1ccc2c(c1)OC(=O)N(c1ccc(Cl)c(Cl)c1)[P@@]2(=S)N(CC)CC. The van der Waals surface area contributed by atoms with E-state index in [2.05, 4.69) is 43.3 Å². The lowest BCUT2D eigenvalue weighted by atomic mass is 10.2. The number of hydrogen-bond donors (Lipinski definition) is 0. The summed E-state index contributed by atoms with van der Waals surface area (Å²) in [4.78, 5) is 15.5. The molecule has 1 aliphatic heterocycles. The fourth-order valence-electron chi connectivity index (χ4n) is 3.73. The van der Waals surface area contributed by atoms with E-state index in [1.165, 1.54) is 0 Å². The number of ether oxygens (including phenoxy) is 1. The maximum Gasteiger partial charge on any atom is 0.424 e. The van der Waals surface area contributed by atoms with Crippen molar-refractivity contribution in [3.8, 4) is 5.75 Å². The highest BCUT2D eigenvalue weighted by molar-refractivity contribution is 8.18. The first-order valence-electron chi connectivity index (χ1n) is 10.0. The molecular weight excluding hydrogens is 460 g/mol. The van der Waals surface area contributed by atoms with Crippen molar-refractivity contribution < 1.29 is 9.53 Å². The van der Waals surface area contributed by atoms with Gasteiger partial charge in [-0.2, -0.15) is 0 Å². The largest absolute Gasteiger partial charge is 0.424 e. The zero-order valence-corrected chi connectivity index (χ0v) is 20.8. The van der Waals surface area contributed by atoms with Crippen LogP contribution >= 0.6 is 29.5 Å². The third-order valence-electron chi connectivity index (χ3n) is 5.29. The lowest BCUT2D eigenvalue weighted by Crippen LogP contribution is -2.46. The quantitative estimate of drug-likeness (QED) is 0.440. The van der Waals surface area contributed by atoms with Gasteiger partial charge in [0.1, 0.15) is 12.1 Å². The van der Waals surface area contributed by atoms with Crippen LogP contribution in [0.2, 0.25) is 10.0 Å². The monoisotopic (exact) mass is 485 g/mol. The van der Waals surface area contributed by atoms with Gasteiger partial charge in [0.2, 0.25) is 0 Å². The first-order valence-corrected chi connectivity index (χ1v) is 13.5. The molecule has 0 saturated carbocycles. The van der Waals surface area contributed by atoms with Gasteiger partial charge in [-0.15, -0.1) is 0 Å². The van der Waals surface area contributed by atoms with Gasteiger partial charge in [0.05, 0.1) is 21.0 Å². The Bertz CT molecular complexity index is 996. The molecule has 0 radical (unpaired) electrons. The molecule has 1 aliphatic rings. The number of rotatable bonds is 7. The lowest BCUT2D eigenvalue weighted by molar-refractivity contribution is 0.211. The summed E-state index contributed by atoms with van der Waals surface area (Å²) in [5.41, 5.74) is 1.60. The third kappa shape index (κ3) is 3.96. The average Bonchev–Trinajstić information content (AvgIpc) is 2.72. The summed E-state index contributed by atoms with van der Waals surface area (Å²) in [6.45, 7) is 11.4. The van der Waals surface area contributed by atoms with E-state index in [0.29, 0.717) is 34.6 Å². The average molecular weight is 486 g/mol. The molecule has 30 heavy (non-hydrogen) atoms. The van der Waals surface area contributed by atoms with Crippen molar-refractivity contribution in [1.29, 1.82) is 0 Å². The van der Waals surface area contributed by atoms with Gasteiger partial charge in [-0.05, 0) is 44.2 Å². The number of benzene rings is 2. The van der Waals surface area contributed by atoms with Gasteiger partial charge in [-0.25, -0.2) is 9.46 Å². The van der Waals surface area contributed by atoms with Gasteiger partial charge in [0.25, 0.3) is 0 Å². The Morgan fingerprint density at radius 2 is 1.63 bits per heavy atom. The van der Waals surface area contributed by atoms with E-state index in [1.807, 2.05) is 12.1 Å². The molecule has 2 aromatic rings. The zero-order chi connectivity index (χ0) is 22.1. The minimum Gasteiger partial charge on any atom is -0.409 e. The number of anilines is 2. The highest BCUT2D eigenvalue weighted by atomic mass is 35.5. The highest BCUT2D eigenvalue weighted by Crippen LogP contribution is 2.59. The lowest BCUT2D eigenvalue weighted by Gasteiger charge is -2.44. The van der Waals surface area contributed by atoms with Crippen LogP contribution in [0.3, 0.4) is 0 Å². The molecule has 1 atom stereocenters. The van der Waals surface area contributed by atoms with Crippen molar-refractivity contribution in [1.82, 2.24) is 4.67 Å². The van der Waals surface area contributed by atoms with Crippen molar-refractivity contribution in [2.24, 2.45) is 0 Å². The van der Waals surface area contributed by atoms with Gasteiger partial charge < -0.3 is 9.64 Å². The molecular formula is C21H26Cl2N3O2PS. The number of amides is 1. The Kier molecular flexibility index (Phi) is 7.36. The Morgan fingerprint density at radius 1 is 0.967 bits per heavy atom. The summed E-state index contributed by atoms with van der Waals surface area (Å²) < 4.78 is 9.56. The third-order valence-corrected chi connectivity index (χ3v) is 11.1. The molecule has 5 nitrogen and oxygen atoms in total. The van der Waals surface area contributed by atoms with Crippen LogP contribution in [0.1, 0.15) is 27.7 Å². The summed E-state index contributed by atoms with van der Waals surface area (Å²) in [6.07, 6.45) is -3.19. The number of carbonyl (C=O) groups is 1. The Morgan fingerprint density at radius 3 is 2.20 bits per heavy atom. The van der Waals surface area contributed by atoms with Crippen LogP contribution in [0, 0.1) is 0 Å². The molecule has 1 heterocycles. The molecule has 0 bridgehead atoms. The van der Waals surface area contributed by atoms with Gasteiger partial charge >= 0.3 is 6.09 Å². The minimum absolute atomic E-state index is 0.366. The molecule has 2 aromatic carbocycles. The maximum atomic E-state index is 13.3. The minimum atomic E-state index is -2.70. The second-order valence-electron chi connectivity index (χ2n) is 6.79. The predicted molar refractivity (Wildman–Crippen MR) is 132 cm³/mol. The van der Waals surface area contributed by atoms with E-state index < -0.39 is 12.4 Å². The van der Waals surface area contributed by atoms with E-state index in [9.17, 15) is 4.79 Å². The molecule has 0 spiro atoms. The number of carbonyl (C=O) groups excluding carboxylic acids is 1. The first-order chi connectivity index (χ1) is 14.3. The Balaban J connectivity index is 2.22. The van der Waals surface area contributed by atoms with Crippen molar-refractivity contribution in [2.75, 3.05) is 35.7 Å². The van der Waals surface area contributed by atoms with Gasteiger partial charge in [0, 0.05) is 37.9 Å². The standard InChI is InChI=1S/C21H26Cl2N3O2PS/c1-5-24(6-2)15-10-12-20-19(14-15)28-21(27)26(29(20,30)25(7-3)8-4)16-9-11-17(22)18(23)13-16/h9-14H,5-8H2,1-4H3/t29-/m0/s1. The number of hydrogen-bond acceptors (Lipinski definition) is 4. The van der Waals surface area contributed by atoms with Crippen LogP contribution in [-0.4, -0.2) is 36.9 Å². The van der Waals surface area contributed by atoms with Gasteiger partial charge in [-0.3, -0.25) is 4.67 Å². The number of nitrogens with zero attached hydrogens (tertiary/aromatic N) is 3. The van der Waals surface area contributed by atoms with E-state index in [-0.39, 0.29) is 0 Å². The zero-order valence-electron chi connectivity index (χ0n) is 17.6.